The molecule has 5 heteroatoms. The number of carbonyl (C=O) groups excluding carboxylic acids is 1. The fraction of sp³-hybridized carbons (Fsp3) is 0.913. The van der Waals surface area contributed by atoms with Crippen molar-refractivity contribution in [1.29, 1.82) is 0 Å². The maximum absolute atomic E-state index is 11.0. The number of rotatable bonds is 20. The topological polar surface area (TPSA) is 63.6 Å². The van der Waals surface area contributed by atoms with Gasteiger partial charge in [-0.25, -0.2) is 4.79 Å². The molecule has 0 saturated heterocycles. The van der Waals surface area contributed by atoms with E-state index in [0.717, 1.165) is 19.3 Å². The van der Waals surface area contributed by atoms with Crippen molar-refractivity contribution in [2.75, 3.05) is 0 Å². The Morgan fingerprint density at radius 3 is 1.14 bits per heavy atom. The third-order valence-electron chi connectivity index (χ3n) is 5.19. The maximum atomic E-state index is 11.0. The summed E-state index contributed by atoms with van der Waals surface area (Å²) in [5, 5.41) is 8.30. The predicted octanol–water partition coefficient (Wildman–Crippen LogP) is 7.11. The zero-order chi connectivity index (χ0) is 20.0. The molecule has 0 saturated carbocycles. The molecule has 0 aliphatic rings. The number of carboxylic acid groups (broad SMARTS) is 1. The van der Waals surface area contributed by atoms with Gasteiger partial charge >= 0.3 is 49.9 Å². The normalized spacial score (nSPS) is 10.5. The fourth-order valence-corrected chi connectivity index (χ4v) is 3.50. The first-order valence-electron chi connectivity index (χ1n) is 11.6. The van der Waals surface area contributed by atoms with Crippen molar-refractivity contribution in [2.24, 2.45) is 0 Å². The molecule has 0 heterocycles. The van der Waals surface area contributed by atoms with Crippen LogP contribution < -0.4 is 0 Å². The summed E-state index contributed by atoms with van der Waals surface area (Å²) >= 11 is 0. The molecule has 0 radical (unpaired) electrons. The molecule has 0 aromatic carbocycles. The zero-order valence-corrected chi connectivity index (χ0v) is 17.8. The quantitative estimate of drug-likeness (QED) is 0.0974. The first-order valence-corrected chi connectivity index (χ1v) is 11.6. The molecule has 0 aliphatic carbocycles. The molecule has 0 rings (SSSR count). The summed E-state index contributed by atoms with van der Waals surface area (Å²) in [5.74, 6) is -0.630. The van der Waals surface area contributed by atoms with Gasteiger partial charge in [-0.15, -0.1) is 0 Å². The third-order valence-corrected chi connectivity index (χ3v) is 5.19. The van der Waals surface area contributed by atoms with Gasteiger partial charge < -0.3 is 9.84 Å². The monoisotopic (exact) mass is 426 g/mol. The van der Waals surface area contributed by atoms with Gasteiger partial charge in [0.05, 0.1) is 0 Å². The number of hydrogen-bond acceptors (Lipinski definition) is 3. The fourth-order valence-electron chi connectivity index (χ4n) is 3.50. The van der Waals surface area contributed by atoms with E-state index in [4.69, 9.17) is 5.11 Å². The zero-order valence-electron chi connectivity index (χ0n) is 17.8. The van der Waals surface area contributed by atoms with E-state index in [1.165, 1.54) is 103 Å². The molecule has 1 N–H and O–H groups in total. The molecule has 4 nitrogen and oxygen atoms in total. The minimum atomic E-state index is -1.50. The van der Waals surface area contributed by atoms with Crippen LogP contribution in [0.4, 0.5) is 4.79 Å². The third kappa shape index (κ3) is 26.2. The van der Waals surface area contributed by atoms with E-state index in [1.807, 2.05) is 0 Å². The second-order valence-corrected chi connectivity index (χ2v) is 7.85. The van der Waals surface area contributed by atoms with Crippen LogP contribution in [0.1, 0.15) is 135 Å². The van der Waals surface area contributed by atoms with Gasteiger partial charge in [-0.2, -0.15) is 0 Å². The molecule has 0 unspecified atom stereocenters. The van der Waals surface area contributed by atoms with Crippen molar-refractivity contribution >= 4 is 49.9 Å². The molecule has 0 atom stereocenters. The van der Waals surface area contributed by atoms with Gasteiger partial charge in [-0.1, -0.05) is 122 Å². The van der Waals surface area contributed by atoms with Crippen LogP contribution in [0.3, 0.4) is 0 Å². The van der Waals surface area contributed by atoms with Gasteiger partial charge in [0.25, 0.3) is 0 Å². The molecule has 0 bridgehead atoms. The van der Waals surface area contributed by atoms with Crippen molar-refractivity contribution in [3.63, 3.8) is 0 Å². The molecular weight excluding hydrogens is 380 g/mol. The minimum absolute atomic E-state index is 0. The van der Waals surface area contributed by atoms with Gasteiger partial charge in [0.2, 0.25) is 0 Å². The second-order valence-electron chi connectivity index (χ2n) is 7.85. The van der Waals surface area contributed by atoms with Crippen LogP contribution in [-0.2, 0) is 9.53 Å². The summed E-state index contributed by atoms with van der Waals surface area (Å²) in [5.41, 5.74) is 0. The average Bonchev–Trinajstić information content (AvgIpc) is 2.63. The molecule has 28 heavy (non-hydrogen) atoms. The standard InChI is InChI=1S/C23H44O4.Ca.2H/c1-2-3-4-5-6-7-8-9-10-11-12-13-14-15-16-17-18-19-20-21-22(24)27-23(25)26;;;/h2-21H2,1H3,(H,25,26);;;. The average molecular weight is 427 g/mol. The van der Waals surface area contributed by atoms with E-state index in [0.29, 0.717) is 0 Å². The second kappa shape index (κ2) is 25.2. The first kappa shape index (κ1) is 30.4. The van der Waals surface area contributed by atoms with E-state index in [-0.39, 0.29) is 44.2 Å². The molecule has 0 aromatic heterocycles. The van der Waals surface area contributed by atoms with Crippen molar-refractivity contribution < 1.29 is 19.4 Å². The van der Waals surface area contributed by atoms with Gasteiger partial charge in [-0.3, -0.25) is 4.79 Å². The summed E-state index contributed by atoms with van der Waals surface area (Å²) in [4.78, 5) is 21.2. The summed E-state index contributed by atoms with van der Waals surface area (Å²) < 4.78 is 4.06. The molecular formula is C23H46CaO4. The van der Waals surface area contributed by atoms with Crippen molar-refractivity contribution in [1.82, 2.24) is 0 Å². The van der Waals surface area contributed by atoms with E-state index in [9.17, 15) is 9.59 Å². The van der Waals surface area contributed by atoms with Crippen LogP contribution in [0.2, 0.25) is 0 Å². The molecule has 0 spiro atoms. The summed E-state index contributed by atoms with van der Waals surface area (Å²) in [7, 11) is 0. The van der Waals surface area contributed by atoms with Crippen molar-refractivity contribution in [3.8, 4) is 0 Å². The van der Waals surface area contributed by atoms with Crippen molar-refractivity contribution in [2.45, 2.75) is 135 Å². The molecule has 0 aliphatic heterocycles. The SMILES string of the molecule is CCCCCCCCCCCCCCCCCCCCCC(=O)OC(=O)O.[CaH2]. The van der Waals surface area contributed by atoms with E-state index >= 15 is 0 Å². The van der Waals surface area contributed by atoms with Crippen LogP contribution in [-0.4, -0.2) is 55.0 Å². The van der Waals surface area contributed by atoms with Crippen LogP contribution in [0.25, 0.3) is 0 Å². The predicted molar refractivity (Wildman–Crippen MR) is 121 cm³/mol. The Kier molecular flexibility index (Phi) is 27.4. The Hall–Kier alpha value is 0.200. The van der Waals surface area contributed by atoms with Gasteiger partial charge in [0.15, 0.2) is 0 Å². The van der Waals surface area contributed by atoms with Gasteiger partial charge in [-0.05, 0) is 6.42 Å². The molecule has 0 amide bonds. The van der Waals surface area contributed by atoms with Crippen LogP contribution >= 0.6 is 0 Å². The molecule has 0 fully saturated rings. The van der Waals surface area contributed by atoms with Crippen LogP contribution in [0.5, 0.6) is 0 Å². The number of ether oxygens (including phenoxy) is 1. The Bertz CT molecular complexity index is 347. The molecule has 164 valence electrons. The number of carbonyl (C=O) groups is 2. The number of unbranched alkanes of at least 4 members (excludes halogenated alkanes) is 18. The van der Waals surface area contributed by atoms with Gasteiger partial charge in [0, 0.05) is 6.42 Å². The number of esters is 1. The Morgan fingerprint density at radius 1 is 0.571 bits per heavy atom. The van der Waals surface area contributed by atoms with Gasteiger partial charge in [0.1, 0.15) is 0 Å². The first-order chi connectivity index (χ1) is 13.2. The Labute approximate surface area is 203 Å². The van der Waals surface area contributed by atoms with Crippen LogP contribution in [0.15, 0.2) is 0 Å². The number of hydrogen-bond donors (Lipinski definition) is 1. The Balaban J connectivity index is 0. The van der Waals surface area contributed by atoms with Crippen molar-refractivity contribution in [3.05, 3.63) is 0 Å². The van der Waals surface area contributed by atoms with E-state index in [1.54, 1.807) is 0 Å². The van der Waals surface area contributed by atoms with E-state index in [2.05, 4.69) is 11.7 Å². The summed E-state index contributed by atoms with van der Waals surface area (Å²) in [6.45, 7) is 2.27. The Morgan fingerprint density at radius 2 is 0.857 bits per heavy atom. The van der Waals surface area contributed by atoms with E-state index < -0.39 is 12.1 Å². The molecule has 0 aromatic rings. The summed E-state index contributed by atoms with van der Waals surface area (Å²) in [6.07, 6.45) is 23.6. The summed E-state index contributed by atoms with van der Waals surface area (Å²) in [6, 6.07) is 0. The van der Waals surface area contributed by atoms with Crippen LogP contribution in [0, 0.1) is 0 Å².